The maximum absolute atomic E-state index is 13.7. The Bertz CT molecular complexity index is 1090. The summed E-state index contributed by atoms with van der Waals surface area (Å²) < 4.78 is 0. The van der Waals surface area contributed by atoms with E-state index in [1.807, 2.05) is 19.1 Å². The molecule has 1 aromatic carbocycles. The highest BCUT2D eigenvalue weighted by atomic mass is 32.2. The first-order valence-corrected chi connectivity index (χ1v) is 14.1. The molecule has 0 radical (unpaired) electrons. The Labute approximate surface area is 212 Å². The Morgan fingerprint density at radius 3 is 2.46 bits per heavy atom. The molecule has 1 atom stereocenters. The molecule has 186 valence electrons. The minimum Gasteiger partial charge on any atom is -0.345 e. The molecule has 2 heterocycles. The number of aliphatic imine (C=N–C) groups is 1. The van der Waals surface area contributed by atoms with Gasteiger partial charge in [-0.25, -0.2) is 4.99 Å². The van der Waals surface area contributed by atoms with Crippen molar-refractivity contribution in [2.45, 2.75) is 57.9 Å². The van der Waals surface area contributed by atoms with Crippen molar-refractivity contribution in [1.29, 1.82) is 0 Å². The van der Waals surface area contributed by atoms with E-state index in [9.17, 15) is 9.59 Å². The minimum atomic E-state index is -0.193. The number of carbonyl (C=O) groups excluding carboxylic acids is 2. The highest BCUT2D eigenvalue weighted by Crippen LogP contribution is 2.60. The number of hydrogen-bond acceptors (Lipinski definition) is 5. The van der Waals surface area contributed by atoms with Crippen molar-refractivity contribution in [3.8, 4) is 0 Å². The van der Waals surface area contributed by atoms with Crippen molar-refractivity contribution < 1.29 is 9.59 Å². The summed E-state index contributed by atoms with van der Waals surface area (Å²) in [5.41, 5.74) is 3.21. The van der Waals surface area contributed by atoms with E-state index in [1.54, 1.807) is 30.8 Å². The summed E-state index contributed by atoms with van der Waals surface area (Å²) in [6.07, 6.45) is 8.22. The Balaban J connectivity index is 1.31. The van der Waals surface area contributed by atoms with Crippen LogP contribution in [0.2, 0.25) is 0 Å². The van der Waals surface area contributed by atoms with Crippen molar-refractivity contribution >= 4 is 34.4 Å². The van der Waals surface area contributed by atoms with E-state index in [0.717, 1.165) is 83.4 Å². The molecule has 4 bridgehead atoms. The van der Waals surface area contributed by atoms with Gasteiger partial charge in [0.2, 0.25) is 5.91 Å². The van der Waals surface area contributed by atoms with Crippen molar-refractivity contribution in [3.05, 3.63) is 41.1 Å². The van der Waals surface area contributed by atoms with Crippen molar-refractivity contribution in [3.63, 3.8) is 0 Å². The largest absolute Gasteiger partial charge is 0.345 e. The van der Waals surface area contributed by atoms with Crippen LogP contribution in [0, 0.1) is 23.2 Å². The molecule has 2 amide bonds. The predicted octanol–water partition coefficient (Wildman–Crippen LogP) is 5.05. The van der Waals surface area contributed by atoms with Crippen LogP contribution in [0.1, 0.15) is 63.5 Å². The fourth-order valence-corrected chi connectivity index (χ4v) is 8.79. The standard InChI is InChI=1S/C28H36N4O2S/c1-17-23(25(33)31(2)3)24(32-8-5-9-35-27(32)29-17)21-6-4-7-22(13-21)30-26(34)28-14-18-10-19(15-28)12-20(11-18)16-28/h4,6-7,13,18-20,24H,5,8-12,14-16H2,1-3H3,(H,30,34)/t18?,19?,20?,24-,28?/m0/s1. The molecular formula is C28H36N4O2S. The zero-order chi connectivity index (χ0) is 24.3. The first-order chi connectivity index (χ1) is 16.8. The fourth-order valence-electron chi connectivity index (χ4n) is 7.77. The van der Waals surface area contributed by atoms with Crippen LogP contribution in [-0.4, -0.2) is 53.2 Å². The third-order valence-electron chi connectivity index (χ3n) is 8.88. The lowest BCUT2D eigenvalue weighted by atomic mass is 9.49. The highest BCUT2D eigenvalue weighted by Gasteiger charge is 2.54. The number of allylic oxidation sites excluding steroid dienone is 1. The van der Waals surface area contributed by atoms with Gasteiger partial charge in [-0.15, -0.1) is 0 Å². The molecule has 0 aromatic heterocycles. The van der Waals surface area contributed by atoms with Crippen LogP contribution >= 0.6 is 11.8 Å². The van der Waals surface area contributed by atoms with Gasteiger partial charge in [0.05, 0.1) is 22.7 Å². The van der Waals surface area contributed by atoms with E-state index in [-0.39, 0.29) is 23.3 Å². The zero-order valence-corrected chi connectivity index (χ0v) is 21.9. The van der Waals surface area contributed by atoms with Gasteiger partial charge in [-0.05, 0) is 87.3 Å². The number of rotatable bonds is 4. The molecule has 6 aliphatic rings. The van der Waals surface area contributed by atoms with E-state index in [1.165, 1.54) is 19.3 Å². The monoisotopic (exact) mass is 492 g/mol. The number of likely N-dealkylation sites (N-methyl/N-ethyl adjacent to an activating group) is 1. The van der Waals surface area contributed by atoms with Gasteiger partial charge < -0.3 is 15.1 Å². The van der Waals surface area contributed by atoms with Crippen molar-refractivity contribution in [2.24, 2.45) is 28.2 Å². The summed E-state index contributed by atoms with van der Waals surface area (Å²) in [6.45, 7) is 2.82. The molecule has 35 heavy (non-hydrogen) atoms. The van der Waals surface area contributed by atoms with Gasteiger partial charge in [-0.1, -0.05) is 23.9 Å². The Morgan fingerprint density at radius 2 is 1.80 bits per heavy atom. The summed E-state index contributed by atoms with van der Waals surface area (Å²) in [5.74, 6) is 3.47. The topological polar surface area (TPSA) is 65.0 Å². The van der Waals surface area contributed by atoms with E-state index in [2.05, 4.69) is 22.3 Å². The van der Waals surface area contributed by atoms with Crippen LogP contribution in [0.4, 0.5) is 5.69 Å². The molecular weight excluding hydrogens is 456 g/mol. The molecule has 7 rings (SSSR count). The number of amides is 2. The number of hydrogen-bond donors (Lipinski definition) is 1. The smallest absolute Gasteiger partial charge is 0.253 e. The van der Waals surface area contributed by atoms with Crippen LogP contribution in [0.5, 0.6) is 0 Å². The molecule has 1 saturated heterocycles. The zero-order valence-electron chi connectivity index (χ0n) is 21.0. The number of thioether (sulfide) groups is 1. The summed E-state index contributed by atoms with van der Waals surface area (Å²) in [5, 5.41) is 4.32. The highest BCUT2D eigenvalue weighted by molar-refractivity contribution is 8.13. The molecule has 2 aliphatic heterocycles. The maximum Gasteiger partial charge on any atom is 0.253 e. The molecule has 4 aliphatic carbocycles. The summed E-state index contributed by atoms with van der Waals surface area (Å²) in [4.78, 5) is 35.7. The first-order valence-electron chi connectivity index (χ1n) is 13.1. The Hall–Kier alpha value is -2.28. The quantitative estimate of drug-likeness (QED) is 0.639. The third-order valence-corrected chi connectivity index (χ3v) is 9.95. The van der Waals surface area contributed by atoms with Crippen LogP contribution in [0.15, 0.2) is 40.5 Å². The molecule has 0 spiro atoms. The van der Waals surface area contributed by atoms with Crippen LogP contribution in [0.3, 0.4) is 0 Å². The van der Waals surface area contributed by atoms with Crippen LogP contribution < -0.4 is 5.32 Å². The number of nitrogens with zero attached hydrogens (tertiary/aromatic N) is 3. The Morgan fingerprint density at radius 1 is 1.11 bits per heavy atom. The summed E-state index contributed by atoms with van der Waals surface area (Å²) in [7, 11) is 3.60. The van der Waals surface area contributed by atoms with E-state index in [0.29, 0.717) is 0 Å². The molecule has 7 heteroatoms. The van der Waals surface area contributed by atoms with Gasteiger partial charge in [0.25, 0.3) is 5.91 Å². The van der Waals surface area contributed by atoms with E-state index >= 15 is 0 Å². The van der Waals surface area contributed by atoms with Gasteiger partial charge >= 0.3 is 0 Å². The lowest BCUT2D eigenvalue weighted by molar-refractivity contribution is -0.140. The average Bonchev–Trinajstić information content (AvgIpc) is 2.82. The molecule has 1 aromatic rings. The second kappa shape index (κ2) is 8.68. The van der Waals surface area contributed by atoms with Crippen molar-refractivity contribution in [2.75, 3.05) is 31.7 Å². The number of nitrogens with one attached hydrogen (secondary N) is 1. The molecule has 1 N–H and O–H groups in total. The lowest BCUT2D eigenvalue weighted by Gasteiger charge is -2.55. The number of benzene rings is 1. The van der Waals surface area contributed by atoms with Gasteiger partial charge in [0.15, 0.2) is 5.17 Å². The number of anilines is 1. The normalized spacial score (nSPS) is 33.3. The maximum atomic E-state index is 13.7. The number of carbonyl (C=O) groups is 2. The van der Waals surface area contributed by atoms with E-state index < -0.39 is 0 Å². The first kappa shape index (κ1) is 23.1. The second-order valence-electron chi connectivity index (χ2n) is 11.7. The third kappa shape index (κ3) is 4.00. The summed E-state index contributed by atoms with van der Waals surface area (Å²) >= 11 is 1.77. The van der Waals surface area contributed by atoms with Crippen LogP contribution in [-0.2, 0) is 9.59 Å². The SMILES string of the molecule is CC1=C(C(=O)N(C)C)[C@H](c2cccc(NC(=O)C34CC5CC(CC(C5)C3)C4)c2)N2CCCSC2=N1. The van der Waals surface area contributed by atoms with Crippen LogP contribution in [0.25, 0.3) is 0 Å². The number of fused-ring (bicyclic) bond motifs is 1. The molecule has 4 saturated carbocycles. The average molecular weight is 493 g/mol. The van der Waals surface area contributed by atoms with Gasteiger partial charge in [0, 0.05) is 32.1 Å². The minimum absolute atomic E-state index is 0.00567. The van der Waals surface area contributed by atoms with Gasteiger partial charge in [0.1, 0.15) is 0 Å². The lowest BCUT2D eigenvalue weighted by Crippen LogP contribution is -2.51. The number of amidine groups is 1. The molecule has 0 unspecified atom stereocenters. The predicted molar refractivity (Wildman–Crippen MR) is 141 cm³/mol. The van der Waals surface area contributed by atoms with Crippen molar-refractivity contribution in [1.82, 2.24) is 9.80 Å². The molecule has 6 nitrogen and oxygen atoms in total. The second-order valence-corrected chi connectivity index (χ2v) is 12.7. The molecule has 5 fully saturated rings. The Kier molecular flexibility index (Phi) is 5.74. The van der Waals surface area contributed by atoms with Gasteiger partial charge in [-0.3, -0.25) is 9.59 Å². The van der Waals surface area contributed by atoms with E-state index in [4.69, 9.17) is 4.99 Å². The summed E-state index contributed by atoms with van der Waals surface area (Å²) in [6, 6.07) is 7.99. The van der Waals surface area contributed by atoms with Gasteiger partial charge in [-0.2, -0.15) is 0 Å². The fraction of sp³-hybridized carbons (Fsp3) is 0.607.